The third-order valence-corrected chi connectivity index (χ3v) is 4.90. The first-order valence-electron chi connectivity index (χ1n) is 9.36. The summed E-state index contributed by atoms with van der Waals surface area (Å²) in [4.78, 5) is 28.2. The minimum Gasteiger partial charge on any atom is -0.337 e. The molecule has 138 valence electrons. The highest BCUT2D eigenvalue weighted by Gasteiger charge is 2.23. The quantitative estimate of drug-likeness (QED) is 0.765. The summed E-state index contributed by atoms with van der Waals surface area (Å²) in [6.07, 6.45) is 3.98. The zero-order chi connectivity index (χ0) is 18.8. The molecule has 1 atom stereocenters. The predicted molar refractivity (Wildman–Crippen MR) is 106 cm³/mol. The molecule has 1 saturated heterocycles. The van der Waals surface area contributed by atoms with Crippen molar-refractivity contribution in [2.24, 2.45) is 5.92 Å². The number of carbonyl (C=O) groups excluding carboxylic acids is 1. The van der Waals surface area contributed by atoms with Gasteiger partial charge in [0.2, 0.25) is 5.95 Å². The Balaban J connectivity index is 1.63. The number of nitrogens with one attached hydrogen (secondary N) is 1. The van der Waals surface area contributed by atoms with Crippen molar-refractivity contribution in [1.29, 1.82) is 0 Å². The molecule has 0 aliphatic carbocycles. The lowest BCUT2D eigenvalue weighted by molar-refractivity contribution is 0.0677. The minimum atomic E-state index is -0.0221. The van der Waals surface area contributed by atoms with Gasteiger partial charge in [0.05, 0.1) is 11.2 Å². The standard InChI is InChI=1S/C21H23N5O/c1-14-6-5-11-26(13-14)20(27)18-12-15(2)23-21(25-18)24-17-9-3-7-16-8-4-10-22-19(16)17/h3-4,7-10,12,14H,5-6,11,13H2,1-2H3,(H,23,24,25). The molecular formula is C21H23N5O. The Hall–Kier alpha value is -3.02. The summed E-state index contributed by atoms with van der Waals surface area (Å²) in [5.41, 5.74) is 2.87. The topological polar surface area (TPSA) is 71.0 Å². The van der Waals surface area contributed by atoms with Crippen LogP contribution in [-0.4, -0.2) is 38.8 Å². The van der Waals surface area contributed by atoms with E-state index < -0.39 is 0 Å². The Labute approximate surface area is 158 Å². The normalized spacial score (nSPS) is 17.1. The number of hydrogen-bond acceptors (Lipinski definition) is 5. The van der Waals surface area contributed by atoms with E-state index in [0.717, 1.165) is 41.8 Å². The molecular weight excluding hydrogens is 338 g/mol. The molecule has 0 spiro atoms. The van der Waals surface area contributed by atoms with Crippen LogP contribution in [0.2, 0.25) is 0 Å². The molecule has 3 heterocycles. The fourth-order valence-electron chi connectivity index (χ4n) is 3.60. The van der Waals surface area contributed by atoms with Crippen molar-refractivity contribution in [2.75, 3.05) is 18.4 Å². The van der Waals surface area contributed by atoms with E-state index in [4.69, 9.17) is 0 Å². The highest BCUT2D eigenvalue weighted by atomic mass is 16.2. The van der Waals surface area contributed by atoms with Crippen LogP contribution in [0.4, 0.5) is 11.6 Å². The van der Waals surface area contributed by atoms with E-state index in [-0.39, 0.29) is 5.91 Å². The summed E-state index contributed by atoms with van der Waals surface area (Å²) >= 11 is 0. The Kier molecular flexibility index (Phi) is 4.71. The second kappa shape index (κ2) is 7.31. The molecule has 1 fully saturated rings. The predicted octanol–water partition coefficient (Wildman–Crippen LogP) is 3.95. The summed E-state index contributed by atoms with van der Waals surface area (Å²) < 4.78 is 0. The number of nitrogens with zero attached hydrogens (tertiary/aromatic N) is 4. The summed E-state index contributed by atoms with van der Waals surface area (Å²) in [6.45, 7) is 5.65. The number of amides is 1. The molecule has 27 heavy (non-hydrogen) atoms. The Morgan fingerprint density at radius 1 is 1.22 bits per heavy atom. The van der Waals surface area contributed by atoms with E-state index in [1.54, 1.807) is 12.3 Å². The van der Waals surface area contributed by atoms with Crippen LogP contribution in [0.1, 0.15) is 35.9 Å². The molecule has 1 N–H and O–H groups in total. The number of likely N-dealkylation sites (tertiary alicyclic amines) is 1. The maximum absolute atomic E-state index is 12.9. The molecule has 1 unspecified atom stereocenters. The van der Waals surface area contributed by atoms with Gasteiger partial charge in [-0.15, -0.1) is 0 Å². The number of fused-ring (bicyclic) bond motifs is 1. The van der Waals surface area contributed by atoms with Gasteiger partial charge in [-0.3, -0.25) is 9.78 Å². The summed E-state index contributed by atoms with van der Waals surface area (Å²) in [7, 11) is 0. The van der Waals surface area contributed by atoms with Gasteiger partial charge in [-0.25, -0.2) is 9.97 Å². The average molecular weight is 361 g/mol. The van der Waals surface area contributed by atoms with E-state index in [9.17, 15) is 4.79 Å². The van der Waals surface area contributed by atoms with Crippen LogP contribution in [0.15, 0.2) is 42.6 Å². The lowest BCUT2D eigenvalue weighted by atomic mass is 10.00. The van der Waals surface area contributed by atoms with Crippen molar-refractivity contribution in [2.45, 2.75) is 26.7 Å². The number of hydrogen-bond donors (Lipinski definition) is 1. The van der Waals surface area contributed by atoms with Crippen LogP contribution >= 0.6 is 0 Å². The molecule has 0 saturated carbocycles. The number of rotatable bonds is 3. The van der Waals surface area contributed by atoms with Crippen molar-refractivity contribution in [3.05, 3.63) is 54.0 Å². The number of benzene rings is 1. The van der Waals surface area contributed by atoms with Gasteiger partial charge < -0.3 is 10.2 Å². The SMILES string of the molecule is Cc1cc(C(=O)N2CCCC(C)C2)nc(Nc2cccc3cccnc23)n1. The van der Waals surface area contributed by atoms with E-state index in [1.165, 1.54) is 6.42 Å². The smallest absolute Gasteiger partial charge is 0.272 e. The van der Waals surface area contributed by atoms with E-state index in [0.29, 0.717) is 17.6 Å². The van der Waals surface area contributed by atoms with Crippen LogP contribution in [0, 0.1) is 12.8 Å². The Bertz CT molecular complexity index is 982. The molecule has 6 heteroatoms. The van der Waals surface area contributed by atoms with Gasteiger partial charge in [-0.2, -0.15) is 0 Å². The summed E-state index contributed by atoms with van der Waals surface area (Å²) in [6, 6.07) is 11.6. The molecule has 4 rings (SSSR count). The van der Waals surface area contributed by atoms with Crippen molar-refractivity contribution in [3.8, 4) is 0 Å². The van der Waals surface area contributed by atoms with Crippen LogP contribution in [0.3, 0.4) is 0 Å². The fraction of sp³-hybridized carbons (Fsp3) is 0.333. The zero-order valence-corrected chi connectivity index (χ0v) is 15.6. The lowest BCUT2D eigenvalue weighted by Gasteiger charge is -2.30. The molecule has 1 aliphatic rings. The van der Waals surface area contributed by atoms with Gasteiger partial charge >= 0.3 is 0 Å². The molecule has 6 nitrogen and oxygen atoms in total. The summed E-state index contributed by atoms with van der Waals surface area (Å²) in [5, 5.41) is 4.28. The summed E-state index contributed by atoms with van der Waals surface area (Å²) in [5.74, 6) is 0.928. The van der Waals surface area contributed by atoms with Crippen molar-refractivity contribution < 1.29 is 4.79 Å². The Morgan fingerprint density at radius 2 is 2.07 bits per heavy atom. The molecule has 3 aromatic rings. The van der Waals surface area contributed by atoms with E-state index in [2.05, 4.69) is 27.2 Å². The van der Waals surface area contributed by atoms with Gasteiger partial charge in [0.15, 0.2) is 0 Å². The number of aromatic nitrogens is 3. The largest absolute Gasteiger partial charge is 0.337 e. The van der Waals surface area contributed by atoms with Gasteiger partial charge in [0.1, 0.15) is 5.69 Å². The van der Waals surface area contributed by atoms with E-state index >= 15 is 0 Å². The van der Waals surface area contributed by atoms with Crippen molar-refractivity contribution in [3.63, 3.8) is 0 Å². The number of carbonyl (C=O) groups is 1. The third-order valence-electron chi connectivity index (χ3n) is 4.90. The van der Waals surface area contributed by atoms with Gasteiger partial charge in [0, 0.05) is 30.4 Å². The van der Waals surface area contributed by atoms with Gasteiger partial charge in [-0.05, 0) is 43.9 Å². The molecule has 1 amide bonds. The van der Waals surface area contributed by atoms with Gasteiger partial charge in [-0.1, -0.05) is 25.1 Å². The first kappa shape index (κ1) is 17.4. The van der Waals surface area contributed by atoms with Crippen LogP contribution in [0.5, 0.6) is 0 Å². The maximum atomic E-state index is 12.9. The number of para-hydroxylation sites is 1. The third kappa shape index (κ3) is 3.74. The molecule has 2 aromatic heterocycles. The number of pyridine rings is 1. The number of anilines is 2. The minimum absolute atomic E-state index is 0.0221. The first-order chi connectivity index (χ1) is 13.1. The average Bonchev–Trinajstić information content (AvgIpc) is 2.67. The van der Waals surface area contributed by atoms with Crippen LogP contribution < -0.4 is 5.32 Å². The number of piperidine rings is 1. The highest BCUT2D eigenvalue weighted by Crippen LogP contribution is 2.24. The molecule has 0 bridgehead atoms. The fourth-order valence-corrected chi connectivity index (χ4v) is 3.60. The second-order valence-electron chi connectivity index (χ2n) is 7.22. The van der Waals surface area contributed by atoms with Crippen molar-refractivity contribution >= 4 is 28.4 Å². The maximum Gasteiger partial charge on any atom is 0.272 e. The van der Waals surface area contributed by atoms with Crippen LogP contribution in [-0.2, 0) is 0 Å². The van der Waals surface area contributed by atoms with Crippen LogP contribution in [0.25, 0.3) is 10.9 Å². The molecule has 1 aromatic carbocycles. The first-order valence-corrected chi connectivity index (χ1v) is 9.36. The number of aryl methyl sites for hydroxylation is 1. The zero-order valence-electron chi connectivity index (χ0n) is 15.6. The monoisotopic (exact) mass is 361 g/mol. The Morgan fingerprint density at radius 3 is 2.93 bits per heavy atom. The van der Waals surface area contributed by atoms with E-state index in [1.807, 2.05) is 42.2 Å². The molecule has 1 aliphatic heterocycles. The van der Waals surface area contributed by atoms with Gasteiger partial charge in [0.25, 0.3) is 5.91 Å². The van der Waals surface area contributed by atoms with Crippen molar-refractivity contribution in [1.82, 2.24) is 19.9 Å². The molecule has 0 radical (unpaired) electrons. The lowest BCUT2D eigenvalue weighted by Crippen LogP contribution is -2.39. The second-order valence-corrected chi connectivity index (χ2v) is 7.22. The highest BCUT2D eigenvalue weighted by molar-refractivity contribution is 5.94.